The molecule has 64 valence electrons. The highest BCUT2D eigenvalue weighted by Crippen LogP contribution is 2.15. The molecule has 4 nitrogen and oxygen atoms in total. The maximum atomic E-state index is 10.7. The molecule has 0 radical (unpaired) electrons. The van der Waals surface area contributed by atoms with E-state index in [-0.39, 0.29) is 11.1 Å². The molecule has 1 rings (SSSR count). The Labute approximate surface area is 74.8 Å². The van der Waals surface area contributed by atoms with Gasteiger partial charge in [-0.3, -0.25) is 9.78 Å². The number of hydrogen-bond donors (Lipinski definition) is 1. The maximum Gasteiger partial charge on any atom is 0.268 e. The second kappa shape index (κ2) is 3.49. The van der Waals surface area contributed by atoms with Gasteiger partial charge in [-0.25, -0.2) is 4.98 Å². The Balaban J connectivity index is 3.04. The van der Waals surface area contributed by atoms with Crippen molar-refractivity contribution >= 4 is 17.5 Å². The lowest BCUT2D eigenvalue weighted by atomic mass is 10.3. The van der Waals surface area contributed by atoms with E-state index in [1.165, 1.54) is 12.4 Å². The molecular weight excluding hydrogens is 178 g/mol. The van der Waals surface area contributed by atoms with Crippen molar-refractivity contribution in [3.05, 3.63) is 23.8 Å². The maximum absolute atomic E-state index is 10.7. The van der Waals surface area contributed by atoms with Crippen LogP contribution in [0.2, 0.25) is 0 Å². The van der Waals surface area contributed by atoms with Crippen LogP contribution in [-0.2, 0) is 0 Å². The highest BCUT2D eigenvalue weighted by molar-refractivity contribution is 6.20. The molecule has 1 heterocycles. The molecule has 1 atom stereocenters. The molecule has 0 fully saturated rings. The summed E-state index contributed by atoms with van der Waals surface area (Å²) in [6.07, 6.45) is 2.81. The molecule has 0 aromatic carbocycles. The van der Waals surface area contributed by atoms with Gasteiger partial charge in [-0.05, 0) is 6.92 Å². The highest BCUT2D eigenvalue weighted by atomic mass is 35.5. The molecule has 2 N–H and O–H groups in total. The van der Waals surface area contributed by atoms with Gasteiger partial charge in [0.1, 0.15) is 5.69 Å². The predicted octanol–water partition coefficient (Wildman–Crippen LogP) is 0.875. The molecule has 12 heavy (non-hydrogen) atoms. The summed E-state index contributed by atoms with van der Waals surface area (Å²) >= 11 is 5.73. The first kappa shape index (κ1) is 8.93. The van der Waals surface area contributed by atoms with Crippen LogP contribution in [0.5, 0.6) is 0 Å². The number of hydrogen-bond acceptors (Lipinski definition) is 3. The number of nitrogens with two attached hydrogens (primary N) is 1. The van der Waals surface area contributed by atoms with Gasteiger partial charge in [0, 0.05) is 6.20 Å². The van der Waals surface area contributed by atoms with Gasteiger partial charge in [-0.1, -0.05) is 0 Å². The van der Waals surface area contributed by atoms with Gasteiger partial charge >= 0.3 is 0 Å². The third kappa shape index (κ3) is 1.92. The molecule has 0 saturated carbocycles. The van der Waals surface area contributed by atoms with Gasteiger partial charge < -0.3 is 5.73 Å². The van der Waals surface area contributed by atoms with E-state index in [1.807, 2.05) is 0 Å². The van der Waals surface area contributed by atoms with Crippen molar-refractivity contribution in [3.63, 3.8) is 0 Å². The van der Waals surface area contributed by atoms with Crippen molar-refractivity contribution in [1.82, 2.24) is 9.97 Å². The molecule has 0 bridgehead atoms. The van der Waals surface area contributed by atoms with Gasteiger partial charge in [-0.15, -0.1) is 11.6 Å². The summed E-state index contributed by atoms with van der Waals surface area (Å²) in [6, 6.07) is 0. The quantitative estimate of drug-likeness (QED) is 0.696. The standard InChI is InChI=1S/C7H8ClN3O/c1-4(8)5-2-10-3-6(11-5)7(9)12/h2-4H,1H3,(H2,9,12). The number of alkyl halides is 1. The van der Waals surface area contributed by atoms with E-state index in [1.54, 1.807) is 6.92 Å². The topological polar surface area (TPSA) is 68.9 Å². The number of amides is 1. The fourth-order valence-electron chi connectivity index (χ4n) is 0.691. The minimum atomic E-state index is -0.596. The van der Waals surface area contributed by atoms with Crippen molar-refractivity contribution in [2.24, 2.45) is 5.73 Å². The summed E-state index contributed by atoms with van der Waals surface area (Å²) < 4.78 is 0. The van der Waals surface area contributed by atoms with Gasteiger partial charge in [0.2, 0.25) is 0 Å². The summed E-state index contributed by atoms with van der Waals surface area (Å²) in [6.45, 7) is 1.75. The predicted molar refractivity (Wildman–Crippen MR) is 44.8 cm³/mol. The van der Waals surface area contributed by atoms with Gasteiger partial charge in [0.15, 0.2) is 0 Å². The molecule has 0 aliphatic rings. The fourth-order valence-corrected chi connectivity index (χ4v) is 0.797. The first-order chi connectivity index (χ1) is 5.61. The molecule has 0 aliphatic heterocycles. The van der Waals surface area contributed by atoms with Crippen LogP contribution in [0.15, 0.2) is 12.4 Å². The summed E-state index contributed by atoms with van der Waals surface area (Å²) in [5, 5.41) is -0.267. The fraction of sp³-hybridized carbons (Fsp3) is 0.286. The van der Waals surface area contributed by atoms with Crippen LogP contribution in [0.4, 0.5) is 0 Å². The summed E-state index contributed by atoms with van der Waals surface area (Å²) in [4.78, 5) is 18.3. The molecule has 0 saturated heterocycles. The molecule has 1 aromatic heterocycles. The summed E-state index contributed by atoms with van der Waals surface area (Å²) in [5.74, 6) is -0.596. The van der Waals surface area contributed by atoms with E-state index in [9.17, 15) is 4.79 Å². The van der Waals surface area contributed by atoms with Crippen molar-refractivity contribution in [1.29, 1.82) is 0 Å². The van der Waals surface area contributed by atoms with E-state index in [0.717, 1.165) is 0 Å². The van der Waals surface area contributed by atoms with Crippen molar-refractivity contribution in [2.75, 3.05) is 0 Å². The number of carbonyl (C=O) groups excluding carboxylic acids is 1. The normalized spacial score (nSPS) is 12.5. The monoisotopic (exact) mass is 185 g/mol. The molecule has 1 amide bonds. The zero-order chi connectivity index (χ0) is 9.14. The van der Waals surface area contributed by atoms with Crippen LogP contribution in [0.3, 0.4) is 0 Å². The Bertz CT molecular complexity index is 300. The van der Waals surface area contributed by atoms with Gasteiger partial charge in [0.05, 0.1) is 17.3 Å². The summed E-state index contributed by atoms with van der Waals surface area (Å²) in [5.41, 5.74) is 5.69. The summed E-state index contributed by atoms with van der Waals surface area (Å²) in [7, 11) is 0. The molecular formula is C7H8ClN3O. The Morgan fingerprint density at radius 3 is 2.83 bits per heavy atom. The van der Waals surface area contributed by atoms with E-state index in [2.05, 4.69) is 9.97 Å². The molecule has 0 aliphatic carbocycles. The number of aromatic nitrogens is 2. The zero-order valence-corrected chi connectivity index (χ0v) is 7.25. The van der Waals surface area contributed by atoms with Crippen LogP contribution in [0, 0.1) is 0 Å². The first-order valence-electron chi connectivity index (χ1n) is 3.37. The Morgan fingerprint density at radius 1 is 1.67 bits per heavy atom. The Kier molecular flexibility index (Phi) is 2.60. The smallest absolute Gasteiger partial charge is 0.268 e. The second-order valence-electron chi connectivity index (χ2n) is 2.31. The lowest BCUT2D eigenvalue weighted by Crippen LogP contribution is -2.14. The molecule has 1 aromatic rings. The largest absolute Gasteiger partial charge is 0.364 e. The minimum Gasteiger partial charge on any atom is -0.364 e. The second-order valence-corrected chi connectivity index (χ2v) is 2.96. The van der Waals surface area contributed by atoms with Crippen molar-refractivity contribution in [2.45, 2.75) is 12.3 Å². The Morgan fingerprint density at radius 2 is 2.33 bits per heavy atom. The van der Waals surface area contributed by atoms with Crippen LogP contribution >= 0.6 is 11.6 Å². The number of rotatable bonds is 2. The van der Waals surface area contributed by atoms with Crippen LogP contribution < -0.4 is 5.73 Å². The number of nitrogens with zero attached hydrogens (tertiary/aromatic N) is 2. The van der Waals surface area contributed by atoms with E-state index < -0.39 is 5.91 Å². The molecule has 0 spiro atoms. The van der Waals surface area contributed by atoms with Crippen LogP contribution in [-0.4, -0.2) is 15.9 Å². The average molecular weight is 186 g/mol. The number of halogens is 1. The van der Waals surface area contributed by atoms with E-state index >= 15 is 0 Å². The SMILES string of the molecule is CC(Cl)c1cncc(C(N)=O)n1. The number of primary amides is 1. The van der Waals surface area contributed by atoms with Crippen molar-refractivity contribution in [3.8, 4) is 0 Å². The third-order valence-corrected chi connectivity index (χ3v) is 1.54. The minimum absolute atomic E-state index is 0.139. The van der Waals surface area contributed by atoms with Crippen LogP contribution in [0.1, 0.15) is 28.5 Å². The molecule has 5 heteroatoms. The third-order valence-electron chi connectivity index (χ3n) is 1.31. The average Bonchev–Trinajstić information content (AvgIpc) is 2.04. The van der Waals surface area contributed by atoms with Gasteiger partial charge in [-0.2, -0.15) is 0 Å². The van der Waals surface area contributed by atoms with Crippen LogP contribution in [0.25, 0.3) is 0 Å². The number of carbonyl (C=O) groups is 1. The Hall–Kier alpha value is -1.16. The lowest BCUT2D eigenvalue weighted by molar-refractivity contribution is 0.0995. The van der Waals surface area contributed by atoms with Gasteiger partial charge in [0.25, 0.3) is 5.91 Å². The van der Waals surface area contributed by atoms with E-state index in [4.69, 9.17) is 17.3 Å². The van der Waals surface area contributed by atoms with E-state index in [0.29, 0.717) is 5.69 Å². The first-order valence-corrected chi connectivity index (χ1v) is 3.80. The van der Waals surface area contributed by atoms with Crippen molar-refractivity contribution < 1.29 is 4.79 Å². The highest BCUT2D eigenvalue weighted by Gasteiger charge is 2.07. The lowest BCUT2D eigenvalue weighted by Gasteiger charge is -2.01. The molecule has 1 unspecified atom stereocenters. The zero-order valence-electron chi connectivity index (χ0n) is 6.49.